The van der Waals surface area contributed by atoms with Gasteiger partial charge >= 0.3 is 6.09 Å². The molecule has 1 aromatic heterocycles. The molecule has 1 saturated heterocycles. The first-order valence-electron chi connectivity index (χ1n) is 7.55. The molecule has 0 radical (unpaired) electrons. The first-order chi connectivity index (χ1) is 10.3. The molecule has 22 heavy (non-hydrogen) atoms. The first-order valence-corrected chi connectivity index (χ1v) is 7.55. The summed E-state index contributed by atoms with van der Waals surface area (Å²) in [5.41, 5.74) is -0.528. The SMILES string of the molecule is CC(C)(C)OC(=O)N1CCC[C@@H](C(=O)Nc2ccccn2)C1. The molecule has 0 unspecified atom stereocenters. The predicted molar refractivity (Wildman–Crippen MR) is 83.4 cm³/mol. The zero-order valence-electron chi connectivity index (χ0n) is 13.3. The van der Waals surface area contributed by atoms with E-state index in [1.54, 1.807) is 23.2 Å². The Morgan fingerprint density at radius 1 is 1.36 bits per heavy atom. The molecule has 1 atom stereocenters. The minimum Gasteiger partial charge on any atom is -0.444 e. The molecule has 120 valence electrons. The molecule has 2 heterocycles. The van der Waals surface area contributed by atoms with Gasteiger partial charge in [0.2, 0.25) is 5.91 Å². The van der Waals surface area contributed by atoms with E-state index in [1.165, 1.54) is 0 Å². The summed E-state index contributed by atoms with van der Waals surface area (Å²) >= 11 is 0. The number of rotatable bonds is 2. The van der Waals surface area contributed by atoms with E-state index in [0.717, 1.165) is 12.8 Å². The molecular formula is C16H23N3O3. The van der Waals surface area contributed by atoms with E-state index in [-0.39, 0.29) is 17.9 Å². The second kappa shape index (κ2) is 6.77. The molecule has 1 aliphatic rings. The second-order valence-electron chi connectivity index (χ2n) is 6.47. The van der Waals surface area contributed by atoms with Crippen molar-refractivity contribution in [1.29, 1.82) is 0 Å². The van der Waals surface area contributed by atoms with Crippen LogP contribution in [0.1, 0.15) is 33.6 Å². The topological polar surface area (TPSA) is 71.5 Å². The van der Waals surface area contributed by atoms with Crippen LogP contribution in [0, 0.1) is 5.92 Å². The number of nitrogens with one attached hydrogen (secondary N) is 1. The van der Waals surface area contributed by atoms with Crippen molar-refractivity contribution in [3.8, 4) is 0 Å². The molecule has 6 heteroatoms. The molecule has 1 fully saturated rings. The second-order valence-corrected chi connectivity index (χ2v) is 6.47. The molecule has 2 amide bonds. The summed E-state index contributed by atoms with van der Waals surface area (Å²) in [6, 6.07) is 5.35. The highest BCUT2D eigenvalue weighted by atomic mass is 16.6. The third-order valence-corrected chi connectivity index (χ3v) is 3.36. The summed E-state index contributed by atoms with van der Waals surface area (Å²) in [7, 11) is 0. The smallest absolute Gasteiger partial charge is 0.410 e. The van der Waals surface area contributed by atoms with E-state index >= 15 is 0 Å². The van der Waals surface area contributed by atoms with E-state index in [0.29, 0.717) is 18.9 Å². The number of likely N-dealkylation sites (tertiary alicyclic amines) is 1. The number of amides is 2. The van der Waals surface area contributed by atoms with Crippen molar-refractivity contribution < 1.29 is 14.3 Å². The van der Waals surface area contributed by atoms with Crippen LogP contribution in [-0.4, -0.2) is 40.6 Å². The predicted octanol–water partition coefficient (Wildman–Crippen LogP) is 2.67. The number of ether oxygens (including phenoxy) is 1. The van der Waals surface area contributed by atoms with Crippen molar-refractivity contribution in [1.82, 2.24) is 9.88 Å². The fourth-order valence-corrected chi connectivity index (χ4v) is 2.35. The molecule has 1 aromatic rings. The highest BCUT2D eigenvalue weighted by Crippen LogP contribution is 2.20. The van der Waals surface area contributed by atoms with Crippen molar-refractivity contribution in [2.45, 2.75) is 39.2 Å². The monoisotopic (exact) mass is 305 g/mol. The van der Waals surface area contributed by atoms with Gasteiger partial charge in [-0.25, -0.2) is 9.78 Å². The number of pyridine rings is 1. The number of hydrogen-bond donors (Lipinski definition) is 1. The Hall–Kier alpha value is -2.11. The number of carbonyl (C=O) groups excluding carboxylic acids is 2. The van der Waals surface area contributed by atoms with Crippen LogP contribution in [-0.2, 0) is 9.53 Å². The minimum atomic E-state index is -0.528. The Balaban J connectivity index is 1.92. The summed E-state index contributed by atoms with van der Waals surface area (Å²) in [4.78, 5) is 30.1. The lowest BCUT2D eigenvalue weighted by Gasteiger charge is -2.33. The van der Waals surface area contributed by atoms with Gasteiger partial charge in [0, 0.05) is 19.3 Å². The molecule has 0 bridgehead atoms. The van der Waals surface area contributed by atoms with E-state index in [9.17, 15) is 9.59 Å². The minimum absolute atomic E-state index is 0.105. The van der Waals surface area contributed by atoms with E-state index < -0.39 is 5.60 Å². The fraction of sp³-hybridized carbons (Fsp3) is 0.562. The average Bonchev–Trinajstić information content (AvgIpc) is 2.46. The standard InChI is InChI=1S/C16H23N3O3/c1-16(2,3)22-15(21)19-10-6-7-12(11-19)14(20)18-13-8-4-5-9-17-13/h4-5,8-9,12H,6-7,10-11H2,1-3H3,(H,17,18,20)/t12-/m1/s1. The van der Waals surface area contributed by atoms with Crippen molar-refractivity contribution in [3.05, 3.63) is 24.4 Å². The van der Waals surface area contributed by atoms with Crippen LogP contribution in [0.2, 0.25) is 0 Å². The molecule has 1 N–H and O–H groups in total. The highest BCUT2D eigenvalue weighted by Gasteiger charge is 2.31. The zero-order valence-corrected chi connectivity index (χ0v) is 13.3. The largest absolute Gasteiger partial charge is 0.444 e. The molecule has 0 spiro atoms. The average molecular weight is 305 g/mol. The van der Waals surface area contributed by atoms with Gasteiger partial charge in [0.1, 0.15) is 11.4 Å². The summed E-state index contributed by atoms with van der Waals surface area (Å²) in [5, 5.41) is 2.79. The molecule has 6 nitrogen and oxygen atoms in total. The molecule has 0 aliphatic carbocycles. The van der Waals surface area contributed by atoms with E-state index in [1.807, 2.05) is 26.8 Å². The molecule has 2 rings (SSSR count). The maximum Gasteiger partial charge on any atom is 0.410 e. The highest BCUT2D eigenvalue weighted by molar-refractivity contribution is 5.92. The molecule has 0 aromatic carbocycles. The quantitative estimate of drug-likeness (QED) is 0.912. The van der Waals surface area contributed by atoms with Gasteiger partial charge in [-0.1, -0.05) is 6.07 Å². The van der Waals surface area contributed by atoms with Gasteiger partial charge in [-0.15, -0.1) is 0 Å². The van der Waals surface area contributed by atoms with Gasteiger partial charge in [-0.05, 0) is 45.7 Å². The van der Waals surface area contributed by atoms with E-state index in [2.05, 4.69) is 10.3 Å². The summed E-state index contributed by atoms with van der Waals surface area (Å²) in [6.07, 6.45) is 2.82. The number of hydrogen-bond acceptors (Lipinski definition) is 4. The Bertz CT molecular complexity index is 525. The van der Waals surface area contributed by atoms with Gasteiger partial charge in [0.25, 0.3) is 0 Å². The molecular weight excluding hydrogens is 282 g/mol. The summed E-state index contributed by atoms with van der Waals surface area (Å²) in [6.45, 7) is 6.51. The van der Waals surface area contributed by atoms with Gasteiger partial charge in [-0.3, -0.25) is 4.79 Å². The van der Waals surface area contributed by atoms with Gasteiger partial charge in [-0.2, -0.15) is 0 Å². The lowest BCUT2D eigenvalue weighted by atomic mass is 9.97. The van der Waals surface area contributed by atoms with Crippen LogP contribution in [0.3, 0.4) is 0 Å². The number of piperidine rings is 1. The van der Waals surface area contributed by atoms with Crippen LogP contribution >= 0.6 is 0 Å². The van der Waals surface area contributed by atoms with Crippen molar-refractivity contribution >= 4 is 17.8 Å². The number of anilines is 1. The number of carbonyl (C=O) groups is 2. The van der Waals surface area contributed by atoms with Gasteiger partial charge in [0.15, 0.2) is 0 Å². The van der Waals surface area contributed by atoms with Crippen LogP contribution < -0.4 is 5.32 Å². The third kappa shape index (κ3) is 4.72. The summed E-state index contributed by atoms with van der Waals surface area (Å²) in [5.74, 6) is 0.192. The third-order valence-electron chi connectivity index (χ3n) is 3.36. The van der Waals surface area contributed by atoms with Crippen LogP contribution in [0.4, 0.5) is 10.6 Å². The Morgan fingerprint density at radius 2 is 2.14 bits per heavy atom. The Kier molecular flexibility index (Phi) is 5.00. The molecule has 1 aliphatic heterocycles. The van der Waals surface area contributed by atoms with E-state index in [4.69, 9.17) is 4.74 Å². The maximum atomic E-state index is 12.3. The number of aromatic nitrogens is 1. The Labute approximate surface area is 130 Å². The van der Waals surface area contributed by atoms with Crippen molar-refractivity contribution in [3.63, 3.8) is 0 Å². The van der Waals surface area contributed by atoms with Crippen molar-refractivity contribution in [2.24, 2.45) is 5.92 Å². The van der Waals surface area contributed by atoms with Crippen LogP contribution in [0.15, 0.2) is 24.4 Å². The Morgan fingerprint density at radius 3 is 2.77 bits per heavy atom. The van der Waals surface area contributed by atoms with Crippen LogP contribution in [0.5, 0.6) is 0 Å². The van der Waals surface area contributed by atoms with Gasteiger partial charge < -0.3 is 15.0 Å². The van der Waals surface area contributed by atoms with Gasteiger partial charge in [0.05, 0.1) is 5.92 Å². The van der Waals surface area contributed by atoms with Crippen molar-refractivity contribution in [2.75, 3.05) is 18.4 Å². The first kappa shape index (κ1) is 16.3. The molecule has 0 saturated carbocycles. The lowest BCUT2D eigenvalue weighted by molar-refractivity contribution is -0.121. The number of nitrogens with zero attached hydrogens (tertiary/aromatic N) is 2. The fourth-order valence-electron chi connectivity index (χ4n) is 2.35. The summed E-state index contributed by atoms with van der Waals surface area (Å²) < 4.78 is 5.37. The lowest BCUT2D eigenvalue weighted by Crippen LogP contribution is -2.45. The maximum absolute atomic E-state index is 12.3. The normalized spacial score (nSPS) is 18.7. The zero-order chi connectivity index (χ0) is 16.2. The van der Waals surface area contributed by atoms with Crippen LogP contribution in [0.25, 0.3) is 0 Å².